The Labute approximate surface area is 251 Å². The van der Waals surface area contributed by atoms with Crippen LogP contribution in [-0.2, 0) is 21.4 Å². The molecule has 0 bridgehead atoms. The quantitative estimate of drug-likeness (QED) is 0.109. The minimum absolute atomic E-state index is 0.211. The molecule has 6 nitrogen and oxygen atoms in total. The van der Waals surface area contributed by atoms with E-state index in [9.17, 15) is 8.42 Å². The van der Waals surface area contributed by atoms with Gasteiger partial charge >= 0.3 is 0 Å². The highest BCUT2D eigenvalue weighted by molar-refractivity contribution is 7.90. The van der Waals surface area contributed by atoms with E-state index in [-0.39, 0.29) is 4.90 Å². The van der Waals surface area contributed by atoms with Gasteiger partial charge in [-0.15, -0.1) is 0 Å². The lowest BCUT2D eigenvalue weighted by Gasteiger charge is -2.08. The molecule has 0 unspecified atom stereocenters. The van der Waals surface area contributed by atoms with Crippen LogP contribution in [0.4, 0.5) is 0 Å². The summed E-state index contributed by atoms with van der Waals surface area (Å²) in [6, 6.07) is 22.3. The average Bonchev–Trinajstić information content (AvgIpc) is 3.40. The van der Waals surface area contributed by atoms with Crippen molar-refractivity contribution in [3.8, 4) is 11.5 Å². The first-order valence-corrected chi connectivity index (χ1v) is 16.3. The molecule has 1 aromatic heterocycles. The van der Waals surface area contributed by atoms with Gasteiger partial charge in [0.2, 0.25) is 0 Å². The molecular weight excluding hydrogens is 546 g/mol. The molecule has 42 heavy (non-hydrogen) atoms. The lowest BCUT2D eigenvalue weighted by Crippen LogP contribution is -2.11. The molecule has 0 saturated heterocycles. The summed E-state index contributed by atoms with van der Waals surface area (Å²) in [6.07, 6.45) is 16.6. The second-order valence-corrected chi connectivity index (χ2v) is 12.3. The third-order valence-electron chi connectivity index (χ3n) is 7.44. The summed E-state index contributed by atoms with van der Waals surface area (Å²) in [7, 11) is -0.607. The largest absolute Gasteiger partial charge is 0.497 e. The van der Waals surface area contributed by atoms with Crippen molar-refractivity contribution in [3.05, 3.63) is 96.2 Å². The van der Waals surface area contributed by atoms with Crippen molar-refractivity contribution < 1.29 is 22.6 Å². The van der Waals surface area contributed by atoms with Gasteiger partial charge in [-0.05, 0) is 67.3 Å². The van der Waals surface area contributed by atoms with Gasteiger partial charge in [-0.3, -0.25) is 0 Å². The number of methoxy groups -OCH3 is 2. The Hall–Kier alpha value is -3.55. The van der Waals surface area contributed by atoms with Gasteiger partial charge in [-0.2, -0.15) is 0 Å². The number of rotatable bonds is 18. The van der Waals surface area contributed by atoms with E-state index in [1.165, 1.54) is 48.1 Å². The zero-order valence-corrected chi connectivity index (χ0v) is 25.7. The number of unbranched alkanes of at least 4 members (excludes halogenated alkanes) is 8. The number of allylic oxidation sites excluding steroid dienone is 1. The highest BCUT2D eigenvalue weighted by Gasteiger charge is 2.21. The highest BCUT2D eigenvalue weighted by Crippen LogP contribution is 2.30. The maximum Gasteiger partial charge on any atom is 0.268 e. The second kappa shape index (κ2) is 16.2. The van der Waals surface area contributed by atoms with Gasteiger partial charge in [0, 0.05) is 23.8 Å². The molecule has 0 saturated carbocycles. The van der Waals surface area contributed by atoms with Crippen molar-refractivity contribution in [1.82, 2.24) is 3.97 Å². The summed E-state index contributed by atoms with van der Waals surface area (Å²) >= 11 is 0. The van der Waals surface area contributed by atoms with Gasteiger partial charge in [-0.25, -0.2) is 12.4 Å². The molecule has 1 heterocycles. The molecule has 0 aliphatic rings. The van der Waals surface area contributed by atoms with Gasteiger partial charge in [0.15, 0.2) is 0 Å². The molecule has 0 aliphatic heterocycles. The topological polar surface area (TPSA) is 66.8 Å². The summed E-state index contributed by atoms with van der Waals surface area (Å²) in [4.78, 5) is 0.211. The van der Waals surface area contributed by atoms with Crippen molar-refractivity contribution in [1.29, 1.82) is 0 Å². The van der Waals surface area contributed by atoms with Crippen LogP contribution in [0.25, 0.3) is 17.0 Å². The van der Waals surface area contributed by atoms with Crippen molar-refractivity contribution >= 4 is 27.0 Å². The lowest BCUT2D eigenvalue weighted by atomic mass is 10.1. The summed E-state index contributed by atoms with van der Waals surface area (Å²) < 4.78 is 44.8. The molecule has 3 aromatic carbocycles. The van der Waals surface area contributed by atoms with Crippen LogP contribution in [0.3, 0.4) is 0 Å². The number of hydrogen-bond donors (Lipinski definition) is 0. The fraction of sp³-hybridized carbons (Fsp3) is 0.371. The molecule has 0 N–H and O–H groups in total. The monoisotopic (exact) mass is 589 g/mol. The third kappa shape index (κ3) is 8.73. The normalized spacial score (nSPS) is 11.9. The van der Waals surface area contributed by atoms with Gasteiger partial charge < -0.3 is 14.2 Å². The van der Waals surface area contributed by atoms with Crippen molar-refractivity contribution in [3.63, 3.8) is 0 Å². The summed E-state index contributed by atoms with van der Waals surface area (Å²) in [5, 5.41) is 0.841. The van der Waals surface area contributed by atoms with E-state index in [0.717, 1.165) is 36.8 Å². The maximum absolute atomic E-state index is 13.5. The zero-order chi connectivity index (χ0) is 29.6. The van der Waals surface area contributed by atoms with E-state index in [1.54, 1.807) is 56.8 Å². The Balaban J connectivity index is 1.21. The molecule has 7 heteroatoms. The highest BCUT2D eigenvalue weighted by atomic mass is 32.2. The number of ether oxygens (including phenoxy) is 3. The van der Waals surface area contributed by atoms with Crippen LogP contribution in [0, 0.1) is 0 Å². The minimum Gasteiger partial charge on any atom is -0.497 e. The van der Waals surface area contributed by atoms with Crippen LogP contribution < -0.4 is 9.47 Å². The molecule has 0 aliphatic carbocycles. The molecule has 0 spiro atoms. The van der Waals surface area contributed by atoms with Crippen molar-refractivity contribution in [2.24, 2.45) is 0 Å². The van der Waals surface area contributed by atoms with Crippen LogP contribution >= 0.6 is 0 Å². The lowest BCUT2D eigenvalue weighted by molar-refractivity contribution is 0.116. The van der Waals surface area contributed by atoms with Gasteiger partial charge in [0.05, 0.1) is 31.2 Å². The van der Waals surface area contributed by atoms with Crippen molar-refractivity contribution in [2.75, 3.05) is 20.8 Å². The average molecular weight is 590 g/mol. The Morgan fingerprint density at radius 1 is 0.738 bits per heavy atom. The minimum atomic E-state index is -3.78. The Morgan fingerprint density at radius 3 is 2.07 bits per heavy atom. The Bertz CT molecular complexity index is 1510. The van der Waals surface area contributed by atoms with E-state index in [1.807, 2.05) is 30.3 Å². The Kier molecular flexibility index (Phi) is 12.1. The standard InChI is InChI=1S/C35H43NO5S/c1-39-31-19-22-33(23-20-31)42(37,38)36-27-30(34-26-32(40-2)21-24-35(34)36)18-14-9-7-5-3-4-6-8-10-15-25-41-28-29-16-12-11-13-17-29/h11-14,16-24,26-27H,3-10,15,25,28H2,1-2H3/b18-14-. The first-order valence-electron chi connectivity index (χ1n) is 14.9. The van der Waals surface area contributed by atoms with Crippen LogP contribution in [0.5, 0.6) is 11.5 Å². The molecule has 0 amide bonds. The van der Waals surface area contributed by atoms with Crippen molar-refractivity contribution in [2.45, 2.75) is 69.3 Å². The van der Waals surface area contributed by atoms with E-state index in [2.05, 4.69) is 18.2 Å². The SMILES string of the molecule is COc1ccc(S(=O)(=O)n2cc(/C=C\CCCCCCCCCCOCc3ccccc3)c3cc(OC)ccc32)cc1. The van der Waals surface area contributed by atoms with E-state index >= 15 is 0 Å². The van der Waals surface area contributed by atoms with Gasteiger partial charge in [-0.1, -0.05) is 81.0 Å². The summed E-state index contributed by atoms with van der Waals surface area (Å²) in [5.41, 5.74) is 2.71. The number of benzene rings is 3. The molecule has 0 radical (unpaired) electrons. The molecule has 0 fully saturated rings. The number of nitrogens with zero attached hydrogens (tertiary/aromatic N) is 1. The van der Waals surface area contributed by atoms with E-state index in [0.29, 0.717) is 23.6 Å². The zero-order valence-electron chi connectivity index (χ0n) is 24.8. The molecular formula is C35H43NO5S. The van der Waals surface area contributed by atoms with Crippen LogP contribution in [0.2, 0.25) is 0 Å². The molecule has 224 valence electrons. The van der Waals surface area contributed by atoms with Gasteiger partial charge in [0.1, 0.15) is 11.5 Å². The van der Waals surface area contributed by atoms with Crippen LogP contribution in [0.1, 0.15) is 68.9 Å². The predicted octanol–water partition coefficient (Wildman–Crippen LogP) is 8.64. The molecule has 0 atom stereocenters. The Morgan fingerprint density at radius 2 is 1.38 bits per heavy atom. The van der Waals surface area contributed by atoms with E-state index in [4.69, 9.17) is 14.2 Å². The maximum atomic E-state index is 13.5. The molecule has 4 rings (SSSR count). The summed E-state index contributed by atoms with van der Waals surface area (Å²) in [5.74, 6) is 1.30. The smallest absolute Gasteiger partial charge is 0.268 e. The second-order valence-electron chi connectivity index (χ2n) is 10.5. The van der Waals surface area contributed by atoms with Crippen LogP contribution in [-0.4, -0.2) is 33.2 Å². The predicted molar refractivity (Wildman–Crippen MR) is 171 cm³/mol. The number of hydrogen-bond acceptors (Lipinski definition) is 5. The first-order chi connectivity index (χ1) is 20.5. The fourth-order valence-electron chi connectivity index (χ4n) is 5.03. The summed E-state index contributed by atoms with van der Waals surface area (Å²) in [6.45, 7) is 1.54. The number of aromatic nitrogens is 1. The van der Waals surface area contributed by atoms with E-state index < -0.39 is 10.0 Å². The number of fused-ring (bicyclic) bond motifs is 1. The van der Waals surface area contributed by atoms with Gasteiger partial charge in [0.25, 0.3) is 10.0 Å². The molecule has 4 aromatic rings. The third-order valence-corrected chi connectivity index (χ3v) is 9.13. The first kappa shape index (κ1) is 31.4. The fourth-order valence-corrected chi connectivity index (χ4v) is 6.40. The van der Waals surface area contributed by atoms with Crippen LogP contribution in [0.15, 0.2) is 90.0 Å².